The largest absolute Gasteiger partial charge is 0.509 e. The molecular weight excluding hydrogens is 919 g/mol. The van der Waals surface area contributed by atoms with Gasteiger partial charge < -0.3 is 48.7 Å². The molecule has 1 fully saturated rings. The van der Waals surface area contributed by atoms with Gasteiger partial charge in [-0.2, -0.15) is 0 Å². The van der Waals surface area contributed by atoms with Crippen LogP contribution in [-0.2, 0) is 38.0 Å². The van der Waals surface area contributed by atoms with Crippen LogP contribution >= 0.6 is 0 Å². The van der Waals surface area contributed by atoms with Gasteiger partial charge in [-0.3, -0.25) is 4.79 Å². The molecular formula is C58H99NO13. The maximum atomic E-state index is 13.8. The van der Waals surface area contributed by atoms with Crippen molar-refractivity contribution < 1.29 is 62.5 Å². The molecule has 14 nitrogen and oxygen atoms in total. The summed E-state index contributed by atoms with van der Waals surface area (Å²) in [6.07, 6.45) is 23.4. The van der Waals surface area contributed by atoms with E-state index in [-0.39, 0.29) is 18.9 Å². The van der Waals surface area contributed by atoms with E-state index in [1.54, 1.807) is 78.0 Å². The maximum absolute atomic E-state index is 13.8. The Balaban J connectivity index is 2.30. The summed E-state index contributed by atoms with van der Waals surface area (Å²) in [5, 5.41) is 26.3. The molecule has 1 aliphatic rings. The molecule has 0 radical (unpaired) electrons. The van der Waals surface area contributed by atoms with Gasteiger partial charge in [0.05, 0.1) is 18.2 Å². The summed E-state index contributed by atoms with van der Waals surface area (Å²) in [7, 11) is 0. The number of ether oxygens (including phenoxy) is 7. The zero-order chi connectivity index (χ0) is 53.3. The Labute approximate surface area is 434 Å². The van der Waals surface area contributed by atoms with Crippen molar-refractivity contribution in [2.75, 3.05) is 13.2 Å². The first-order valence-electron chi connectivity index (χ1n) is 27.9. The minimum atomic E-state index is -2.04. The van der Waals surface area contributed by atoms with Crippen molar-refractivity contribution in [3.8, 4) is 0 Å². The van der Waals surface area contributed by atoms with Gasteiger partial charge in [0.1, 0.15) is 42.2 Å². The summed E-state index contributed by atoms with van der Waals surface area (Å²) >= 11 is 0. The molecule has 72 heavy (non-hydrogen) atoms. The number of esters is 1. The summed E-state index contributed by atoms with van der Waals surface area (Å²) in [4.78, 5) is 53.1. The van der Waals surface area contributed by atoms with Crippen molar-refractivity contribution in [2.45, 2.75) is 283 Å². The lowest BCUT2D eigenvalue weighted by molar-refractivity contribution is -0.358. The summed E-state index contributed by atoms with van der Waals surface area (Å²) in [5.74, 6) is -2.91. The molecule has 7 atom stereocenters. The number of allylic oxidation sites excluding steroid dienone is 1. The zero-order valence-electron chi connectivity index (χ0n) is 46.2. The molecule has 0 spiro atoms. The van der Waals surface area contributed by atoms with E-state index in [9.17, 15) is 29.4 Å². The lowest BCUT2D eigenvalue weighted by Gasteiger charge is -2.47. The number of carbonyl (C=O) groups is 4. The molecule has 14 heteroatoms. The molecule has 1 aromatic rings. The normalized spacial score (nSPS) is 20.2. The first-order chi connectivity index (χ1) is 34.3. The topological polar surface area (TPSA) is 185 Å². The van der Waals surface area contributed by atoms with E-state index in [0.717, 1.165) is 44.9 Å². The number of hydrogen-bond acceptors (Lipinski definition) is 13. The van der Waals surface area contributed by atoms with Gasteiger partial charge in [-0.25, -0.2) is 14.4 Å². The molecule has 0 aromatic heterocycles. The van der Waals surface area contributed by atoms with Gasteiger partial charge in [0, 0.05) is 6.42 Å². The van der Waals surface area contributed by atoms with E-state index in [1.807, 2.05) is 6.08 Å². The smallest absolute Gasteiger partial charge is 0.452 e. The molecule has 0 aliphatic carbocycles. The Bertz CT molecular complexity index is 1640. The summed E-state index contributed by atoms with van der Waals surface area (Å²) < 4.78 is 40.3. The molecule has 0 saturated carbocycles. The third-order valence-electron chi connectivity index (χ3n) is 12.7. The number of carbonyl (C=O) groups excluding carboxylic acids is 4. The van der Waals surface area contributed by atoms with E-state index >= 15 is 0 Å². The molecule has 1 amide bonds. The Kier molecular flexibility index (Phi) is 32.4. The number of benzene rings is 1. The van der Waals surface area contributed by atoms with Crippen LogP contribution in [0.2, 0.25) is 0 Å². The fraction of sp³-hybridized carbons (Fsp3) is 0.793. The highest BCUT2D eigenvalue weighted by molar-refractivity contribution is 5.89. The first-order valence-corrected chi connectivity index (χ1v) is 27.9. The number of amides is 1. The average Bonchev–Trinajstić information content (AvgIpc) is 3.31. The highest BCUT2D eigenvalue weighted by Gasteiger charge is 2.55. The number of aliphatic hydroxyl groups is 2. The lowest BCUT2D eigenvalue weighted by Crippen LogP contribution is -2.66. The molecule has 1 heterocycles. The second-order valence-corrected chi connectivity index (χ2v) is 21.9. The molecule has 1 aliphatic heterocycles. The number of hydrogen-bond donors (Lipinski definition) is 3. The quantitative estimate of drug-likeness (QED) is 0.0248. The van der Waals surface area contributed by atoms with Crippen LogP contribution in [-0.4, -0.2) is 101 Å². The van der Waals surface area contributed by atoms with E-state index in [2.05, 4.69) is 19.2 Å². The minimum absolute atomic E-state index is 0.235. The fourth-order valence-electron chi connectivity index (χ4n) is 8.59. The van der Waals surface area contributed by atoms with Gasteiger partial charge in [-0.1, -0.05) is 179 Å². The molecule has 1 aromatic carbocycles. The first kappa shape index (κ1) is 64.4. The number of nitrogens with one attached hydrogen (secondary N) is 1. The molecule has 3 N–H and O–H groups in total. The van der Waals surface area contributed by atoms with Crippen molar-refractivity contribution in [1.82, 2.24) is 5.32 Å². The monoisotopic (exact) mass is 1020 g/mol. The van der Waals surface area contributed by atoms with Crippen molar-refractivity contribution in [3.63, 3.8) is 0 Å². The average molecular weight is 1020 g/mol. The van der Waals surface area contributed by atoms with Crippen LogP contribution in [0.15, 0.2) is 42.5 Å². The lowest BCUT2D eigenvalue weighted by atomic mass is 9.93. The van der Waals surface area contributed by atoms with Crippen LogP contribution in [0, 0.1) is 0 Å². The molecule has 0 bridgehead atoms. The summed E-state index contributed by atoms with van der Waals surface area (Å²) in [6.45, 7) is 14.8. The Morgan fingerprint density at radius 2 is 1.15 bits per heavy atom. The van der Waals surface area contributed by atoms with Gasteiger partial charge >= 0.3 is 18.3 Å². The number of rotatable bonds is 37. The second kappa shape index (κ2) is 36.3. The van der Waals surface area contributed by atoms with Gasteiger partial charge in [-0.05, 0) is 85.9 Å². The van der Waals surface area contributed by atoms with Gasteiger partial charge in [0.25, 0.3) is 0 Å². The Morgan fingerprint density at radius 3 is 1.65 bits per heavy atom. The highest BCUT2D eigenvalue weighted by atomic mass is 16.8. The van der Waals surface area contributed by atoms with Gasteiger partial charge in [0.2, 0.25) is 5.91 Å². The van der Waals surface area contributed by atoms with Crippen molar-refractivity contribution in [3.05, 3.63) is 48.0 Å². The van der Waals surface area contributed by atoms with E-state index < -0.39 is 78.4 Å². The molecule has 0 unspecified atom stereocenters. The number of aliphatic hydroxyl groups excluding tert-OH is 2. The SMILES string of the molecule is CCCCCCCCCCCCCC=C[C@@H](OC(=O)c1ccccc1)[C@H](CO[C@@]1(C)O[C@H](COC(=O)OC(C)(C)C)[C@H](OC(=O)OC(C)(C)C)[C@H](O)[C@H]1O)NC(=O)CCCCCCCCCCCCCCC. The number of unbranched alkanes of at least 4 members (excludes halogenated alkanes) is 23. The van der Waals surface area contributed by atoms with Gasteiger partial charge in [0.15, 0.2) is 11.9 Å². The Morgan fingerprint density at radius 1 is 0.681 bits per heavy atom. The van der Waals surface area contributed by atoms with Crippen molar-refractivity contribution in [1.29, 1.82) is 0 Å². The standard InChI is InChI=1S/C58H99NO13/c1-10-12-14-16-18-20-22-24-26-28-30-32-37-41-47(68-53(63)45-39-35-34-36-40-45)46(59-49(60)42-38-33-31-29-27-25-23-21-19-17-15-13-11-2)43-67-58(9)52(62)50(61)51(69-55(65)72-57(6,7)8)48(70-58)44-66-54(64)71-56(3,4)5/h34-37,39-41,46-48,50-52,61-62H,10-33,38,42-44H2,1-9H3,(H,59,60)/t46-,47+,48+,50-,51-,52+,58-/m0/s1. The van der Waals surface area contributed by atoms with E-state index in [0.29, 0.717) is 12.0 Å². The predicted octanol–water partition coefficient (Wildman–Crippen LogP) is 13.6. The third-order valence-corrected chi connectivity index (χ3v) is 12.7. The van der Waals surface area contributed by atoms with Crippen LogP contribution in [0.25, 0.3) is 0 Å². The predicted molar refractivity (Wildman–Crippen MR) is 283 cm³/mol. The second-order valence-electron chi connectivity index (χ2n) is 21.9. The zero-order valence-corrected chi connectivity index (χ0v) is 46.2. The van der Waals surface area contributed by atoms with Gasteiger partial charge in [-0.15, -0.1) is 0 Å². The van der Waals surface area contributed by atoms with Crippen molar-refractivity contribution >= 4 is 24.2 Å². The molecule has 2 rings (SSSR count). The van der Waals surface area contributed by atoms with Crippen LogP contribution in [0.3, 0.4) is 0 Å². The van der Waals surface area contributed by atoms with Crippen LogP contribution in [0.5, 0.6) is 0 Å². The summed E-state index contributed by atoms with van der Waals surface area (Å²) in [5.41, 5.74) is -1.52. The fourth-order valence-corrected chi connectivity index (χ4v) is 8.59. The Hall–Kier alpha value is -3.72. The van der Waals surface area contributed by atoms with Crippen LogP contribution in [0.4, 0.5) is 9.59 Å². The third kappa shape index (κ3) is 29.2. The minimum Gasteiger partial charge on any atom is -0.452 e. The molecule has 1 saturated heterocycles. The van der Waals surface area contributed by atoms with Crippen LogP contribution < -0.4 is 5.32 Å². The summed E-state index contributed by atoms with van der Waals surface area (Å²) in [6, 6.07) is 7.59. The maximum Gasteiger partial charge on any atom is 0.509 e. The van der Waals surface area contributed by atoms with E-state index in [1.165, 1.54) is 116 Å². The molecule has 414 valence electrons. The highest BCUT2D eigenvalue weighted by Crippen LogP contribution is 2.34. The van der Waals surface area contributed by atoms with E-state index in [4.69, 9.17) is 33.2 Å². The van der Waals surface area contributed by atoms with Crippen LogP contribution in [0.1, 0.15) is 240 Å². The van der Waals surface area contributed by atoms with Crippen molar-refractivity contribution in [2.24, 2.45) is 0 Å².